The summed E-state index contributed by atoms with van der Waals surface area (Å²) in [6, 6.07) is 4.14. The first-order valence-corrected chi connectivity index (χ1v) is 5.91. The normalized spacial score (nSPS) is 12.0. The number of carbonyl (C=O) groups is 2. The largest absolute Gasteiger partial charge is 0.496 e. The van der Waals surface area contributed by atoms with Gasteiger partial charge in [0.2, 0.25) is 5.91 Å². The molecule has 1 aromatic rings. The molecule has 0 aromatic heterocycles. The van der Waals surface area contributed by atoms with Gasteiger partial charge in [-0.05, 0) is 18.1 Å². The van der Waals surface area contributed by atoms with Crippen LogP contribution in [0.15, 0.2) is 18.2 Å². The Bertz CT molecular complexity index is 486. The monoisotopic (exact) mass is 265 g/mol. The molecule has 104 valence electrons. The minimum Gasteiger partial charge on any atom is -0.496 e. The number of nitrogen functional groups attached to an aromatic ring is 1. The summed E-state index contributed by atoms with van der Waals surface area (Å²) >= 11 is 0. The minimum atomic E-state index is -0.753. The van der Waals surface area contributed by atoms with E-state index in [1.165, 1.54) is 7.11 Å². The maximum absolute atomic E-state index is 12.2. The van der Waals surface area contributed by atoms with Gasteiger partial charge in [0, 0.05) is 5.69 Å². The van der Waals surface area contributed by atoms with E-state index >= 15 is 0 Å². The predicted octanol–water partition coefficient (Wildman–Crippen LogP) is 0.517. The second kappa shape index (κ2) is 6.08. The molecular weight excluding hydrogens is 246 g/mol. The molecule has 0 spiro atoms. The van der Waals surface area contributed by atoms with Crippen molar-refractivity contribution in [1.29, 1.82) is 0 Å². The molecule has 0 aliphatic rings. The zero-order valence-electron chi connectivity index (χ0n) is 11.3. The lowest BCUT2D eigenvalue weighted by molar-refractivity contribution is -0.120. The number of anilines is 1. The number of carbonyl (C=O) groups excluding carboxylic acids is 2. The van der Waals surface area contributed by atoms with E-state index < -0.39 is 17.9 Å². The number of ether oxygens (including phenoxy) is 1. The number of methoxy groups -OCH3 is 1. The summed E-state index contributed by atoms with van der Waals surface area (Å²) in [4.78, 5) is 23.5. The van der Waals surface area contributed by atoms with Gasteiger partial charge in [-0.15, -0.1) is 0 Å². The van der Waals surface area contributed by atoms with Crippen molar-refractivity contribution < 1.29 is 14.3 Å². The second-order valence-electron chi connectivity index (χ2n) is 4.52. The van der Waals surface area contributed by atoms with Gasteiger partial charge in [0.15, 0.2) is 0 Å². The van der Waals surface area contributed by atoms with Gasteiger partial charge in [0.25, 0.3) is 5.91 Å². The maximum atomic E-state index is 12.2. The van der Waals surface area contributed by atoms with Gasteiger partial charge in [0.1, 0.15) is 17.4 Å². The van der Waals surface area contributed by atoms with Crippen LogP contribution in [0, 0.1) is 5.92 Å². The molecule has 1 aromatic carbocycles. The van der Waals surface area contributed by atoms with E-state index in [1.807, 2.05) is 0 Å². The van der Waals surface area contributed by atoms with Gasteiger partial charge in [0.05, 0.1) is 7.11 Å². The lowest BCUT2D eigenvalue weighted by Gasteiger charge is -2.20. The van der Waals surface area contributed by atoms with Crippen LogP contribution in [0.3, 0.4) is 0 Å². The zero-order chi connectivity index (χ0) is 14.6. The van der Waals surface area contributed by atoms with E-state index in [0.29, 0.717) is 5.75 Å². The lowest BCUT2D eigenvalue weighted by atomic mass is 10.0. The summed E-state index contributed by atoms with van der Waals surface area (Å²) in [5, 5.41) is 2.57. The van der Waals surface area contributed by atoms with E-state index in [2.05, 4.69) is 5.32 Å². The molecule has 0 heterocycles. The van der Waals surface area contributed by atoms with Crippen molar-refractivity contribution in [3.05, 3.63) is 23.8 Å². The summed E-state index contributed by atoms with van der Waals surface area (Å²) in [5.74, 6) is -0.828. The molecular formula is C13H19N3O3. The molecule has 0 aliphatic carbocycles. The van der Waals surface area contributed by atoms with Gasteiger partial charge < -0.3 is 21.5 Å². The van der Waals surface area contributed by atoms with Crippen LogP contribution < -0.4 is 21.5 Å². The van der Waals surface area contributed by atoms with Gasteiger partial charge >= 0.3 is 0 Å². The fourth-order valence-electron chi connectivity index (χ4n) is 1.74. The Kier molecular flexibility index (Phi) is 4.74. The molecule has 1 rings (SSSR count). The van der Waals surface area contributed by atoms with E-state index in [4.69, 9.17) is 16.2 Å². The van der Waals surface area contributed by atoms with Gasteiger partial charge in [-0.1, -0.05) is 19.9 Å². The third kappa shape index (κ3) is 3.37. The van der Waals surface area contributed by atoms with Gasteiger partial charge in [-0.25, -0.2) is 0 Å². The molecule has 6 nitrogen and oxygen atoms in total. The number of rotatable bonds is 5. The first-order chi connectivity index (χ1) is 8.88. The molecule has 0 aliphatic heterocycles. The van der Waals surface area contributed by atoms with Crippen LogP contribution in [0.1, 0.15) is 24.2 Å². The fraction of sp³-hybridized carbons (Fsp3) is 0.385. The molecule has 0 radical (unpaired) electrons. The molecule has 0 fully saturated rings. The Morgan fingerprint density at radius 2 is 1.95 bits per heavy atom. The van der Waals surface area contributed by atoms with E-state index in [9.17, 15) is 9.59 Å². The van der Waals surface area contributed by atoms with Crippen molar-refractivity contribution in [2.45, 2.75) is 19.9 Å². The highest BCUT2D eigenvalue weighted by atomic mass is 16.5. The highest BCUT2D eigenvalue weighted by Crippen LogP contribution is 2.24. The van der Waals surface area contributed by atoms with Crippen LogP contribution in [-0.4, -0.2) is 25.0 Å². The highest BCUT2D eigenvalue weighted by Gasteiger charge is 2.24. The van der Waals surface area contributed by atoms with Crippen LogP contribution in [0.5, 0.6) is 5.75 Å². The fourth-order valence-corrected chi connectivity index (χ4v) is 1.74. The van der Waals surface area contributed by atoms with E-state index in [0.717, 1.165) is 0 Å². The molecule has 0 bridgehead atoms. The van der Waals surface area contributed by atoms with Crippen molar-refractivity contribution in [1.82, 2.24) is 5.32 Å². The third-order valence-electron chi connectivity index (χ3n) is 2.77. The Balaban J connectivity index is 3.04. The molecule has 19 heavy (non-hydrogen) atoms. The summed E-state index contributed by atoms with van der Waals surface area (Å²) < 4.78 is 5.09. The molecule has 1 unspecified atom stereocenters. The van der Waals surface area contributed by atoms with Crippen molar-refractivity contribution in [3.63, 3.8) is 0 Å². The summed E-state index contributed by atoms with van der Waals surface area (Å²) in [6.45, 7) is 3.59. The average Bonchev–Trinajstić information content (AvgIpc) is 2.34. The molecule has 0 saturated heterocycles. The van der Waals surface area contributed by atoms with Crippen molar-refractivity contribution in [2.24, 2.45) is 11.7 Å². The number of nitrogens with one attached hydrogen (secondary N) is 1. The topological polar surface area (TPSA) is 107 Å². The Morgan fingerprint density at radius 3 is 2.42 bits per heavy atom. The number of hydrogen-bond acceptors (Lipinski definition) is 4. The number of primary amides is 1. The summed E-state index contributed by atoms with van der Waals surface area (Å²) in [6.07, 6.45) is 0. The Labute approximate surface area is 112 Å². The number of nitrogens with two attached hydrogens (primary N) is 2. The van der Waals surface area contributed by atoms with Crippen LogP contribution in [0.25, 0.3) is 0 Å². The van der Waals surface area contributed by atoms with Crippen LogP contribution in [0.4, 0.5) is 5.69 Å². The van der Waals surface area contributed by atoms with Crippen molar-refractivity contribution in [3.8, 4) is 5.75 Å². The summed E-state index contributed by atoms with van der Waals surface area (Å²) in [5.41, 5.74) is 11.5. The highest BCUT2D eigenvalue weighted by molar-refractivity contribution is 6.03. The Hall–Kier alpha value is -2.24. The Morgan fingerprint density at radius 1 is 1.32 bits per heavy atom. The first kappa shape index (κ1) is 14.8. The molecule has 2 amide bonds. The first-order valence-electron chi connectivity index (χ1n) is 5.91. The van der Waals surface area contributed by atoms with Crippen molar-refractivity contribution in [2.75, 3.05) is 12.8 Å². The van der Waals surface area contributed by atoms with Crippen LogP contribution in [-0.2, 0) is 4.79 Å². The number of benzene rings is 1. The summed E-state index contributed by atoms with van der Waals surface area (Å²) in [7, 11) is 1.44. The third-order valence-corrected chi connectivity index (χ3v) is 2.77. The lowest BCUT2D eigenvalue weighted by Crippen LogP contribution is -2.47. The minimum absolute atomic E-state index is 0.114. The van der Waals surface area contributed by atoms with E-state index in [1.54, 1.807) is 32.0 Å². The SMILES string of the molecule is COc1cccc(N)c1C(=O)NC(C(N)=O)C(C)C. The van der Waals surface area contributed by atoms with Gasteiger partial charge in [-0.2, -0.15) is 0 Å². The molecule has 0 saturated carbocycles. The standard InChI is InChI=1S/C13H19N3O3/c1-7(2)11(12(15)17)16-13(18)10-8(14)5-4-6-9(10)19-3/h4-7,11H,14H2,1-3H3,(H2,15,17)(H,16,18). The van der Waals surface area contributed by atoms with Crippen LogP contribution >= 0.6 is 0 Å². The zero-order valence-corrected chi connectivity index (χ0v) is 11.3. The van der Waals surface area contributed by atoms with Gasteiger partial charge in [-0.3, -0.25) is 9.59 Å². The quantitative estimate of drug-likeness (QED) is 0.674. The van der Waals surface area contributed by atoms with E-state index in [-0.39, 0.29) is 17.2 Å². The van der Waals surface area contributed by atoms with Crippen LogP contribution in [0.2, 0.25) is 0 Å². The van der Waals surface area contributed by atoms with Crippen molar-refractivity contribution >= 4 is 17.5 Å². The number of amides is 2. The average molecular weight is 265 g/mol. The smallest absolute Gasteiger partial charge is 0.257 e. The predicted molar refractivity (Wildman–Crippen MR) is 72.7 cm³/mol. The maximum Gasteiger partial charge on any atom is 0.257 e. The second-order valence-corrected chi connectivity index (χ2v) is 4.52. The molecule has 6 heteroatoms. The molecule has 1 atom stereocenters. The number of hydrogen-bond donors (Lipinski definition) is 3. The molecule has 5 N–H and O–H groups in total.